The van der Waals surface area contributed by atoms with E-state index in [0.29, 0.717) is 11.4 Å². The van der Waals surface area contributed by atoms with Gasteiger partial charge < -0.3 is 15.4 Å². The summed E-state index contributed by atoms with van der Waals surface area (Å²) < 4.78 is 5.66. The van der Waals surface area contributed by atoms with Gasteiger partial charge in [0.1, 0.15) is 5.75 Å². The quantitative estimate of drug-likeness (QED) is 0.864. The molecular formula is C16H24N2O2. The van der Waals surface area contributed by atoms with Gasteiger partial charge in [-0.15, -0.1) is 0 Å². The van der Waals surface area contributed by atoms with Gasteiger partial charge >= 0.3 is 0 Å². The van der Waals surface area contributed by atoms with Crippen LogP contribution >= 0.6 is 0 Å². The molecule has 0 bridgehead atoms. The Balaban J connectivity index is 1.96. The van der Waals surface area contributed by atoms with Gasteiger partial charge in [-0.1, -0.05) is 18.9 Å². The number of nitrogen functional groups attached to an aromatic ring is 1. The number of anilines is 1. The average Bonchev–Trinajstić information content (AvgIpc) is 2.66. The van der Waals surface area contributed by atoms with E-state index in [1.54, 1.807) is 0 Å². The summed E-state index contributed by atoms with van der Waals surface area (Å²) in [6.45, 7) is 5.73. The first kappa shape index (κ1) is 14.7. The topological polar surface area (TPSA) is 55.6 Å². The first-order chi connectivity index (χ1) is 9.58. The molecule has 1 fully saturated rings. The van der Waals surface area contributed by atoms with Crippen molar-refractivity contribution in [3.05, 3.63) is 23.3 Å². The van der Waals surface area contributed by atoms with Crippen LogP contribution in [0.2, 0.25) is 0 Å². The third-order valence-corrected chi connectivity index (χ3v) is 3.75. The van der Waals surface area contributed by atoms with Crippen molar-refractivity contribution in [2.45, 2.75) is 39.5 Å². The van der Waals surface area contributed by atoms with Crippen LogP contribution in [-0.2, 0) is 4.79 Å². The highest BCUT2D eigenvalue weighted by Crippen LogP contribution is 2.27. The number of benzene rings is 1. The van der Waals surface area contributed by atoms with Crippen molar-refractivity contribution in [3.8, 4) is 5.75 Å². The number of likely N-dealkylation sites (tertiary alicyclic amines) is 1. The van der Waals surface area contributed by atoms with Crippen LogP contribution in [0.15, 0.2) is 12.1 Å². The van der Waals surface area contributed by atoms with Crippen LogP contribution in [0.3, 0.4) is 0 Å². The fourth-order valence-corrected chi connectivity index (χ4v) is 2.73. The van der Waals surface area contributed by atoms with Gasteiger partial charge in [-0.25, -0.2) is 0 Å². The van der Waals surface area contributed by atoms with E-state index in [9.17, 15) is 4.79 Å². The summed E-state index contributed by atoms with van der Waals surface area (Å²) in [4.78, 5) is 14.1. The Morgan fingerprint density at radius 1 is 1.20 bits per heavy atom. The molecule has 2 rings (SSSR count). The minimum atomic E-state index is 0.0614. The van der Waals surface area contributed by atoms with Gasteiger partial charge in [0, 0.05) is 13.1 Å². The second kappa shape index (κ2) is 6.64. The Morgan fingerprint density at radius 2 is 1.85 bits per heavy atom. The first-order valence-corrected chi connectivity index (χ1v) is 7.35. The summed E-state index contributed by atoms with van der Waals surface area (Å²) >= 11 is 0. The lowest BCUT2D eigenvalue weighted by molar-refractivity contribution is -0.133. The van der Waals surface area contributed by atoms with E-state index in [4.69, 9.17) is 10.5 Å². The van der Waals surface area contributed by atoms with Crippen LogP contribution in [-0.4, -0.2) is 30.5 Å². The molecule has 4 heteroatoms. The summed E-state index contributed by atoms with van der Waals surface area (Å²) in [5, 5.41) is 0. The molecule has 1 heterocycles. The summed E-state index contributed by atoms with van der Waals surface area (Å²) in [5.74, 6) is 0.699. The molecule has 110 valence electrons. The summed E-state index contributed by atoms with van der Waals surface area (Å²) in [7, 11) is 0. The van der Waals surface area contributed by atoms with E-state index in [1.807, 2.05) is 30.9 Å². The van der Waals surface area contributed by atoms with Crippen molar-refractivity contribution < 1.29 is 9.53 Å². The third-order valence-electron chi connectivity index (χ3n) is 3.75. The van der Waals surface area contributed by atoms with Crippen LogP contribution in [0.5, 0.6) is 5.75 Å². The molecule has 0 aromatic heterocycles. The van der Waals surface area contributed by atoms with Gasteiger partial charge in [-0.3, -0.25) is 4.79 Å². The van der Waals surface area contributed by atoms with Crippen LogP contribution in [0, 0.1) is 13.8 Å². The molecular weight excluding hydrogens is 252 g/mol. The zero-order valence-corrected chi connectivity index (χ0v) is 12.4. The smallest absolute Gasteiger partial charge is 0.260 e. The minimum Gasteiger partial charge on any atom is -0.481 e. The molecule has 1 aromatic rings. The number of nitrogens with two attached hydrogens (primary N) is 1. The van der Waals surface area contributed by atoms with Gasteiger partial charge in [0.2, 0.25) is 0 Å². The maximum Gasteiger partial charge on any atom is 0.260 e. The van der Waals surface area contributed by atoms with Gasteiger partial charge in [0.05, 0.1) is 5.69 Å². The van der Waals surface area contributed by atoms with Crippen LogP contribution in [0.4, 0.5) is 5.69 Å². The lowest BCUT2D eigenvalue weighted by Gasteiger charge is -2.21. The molecule has 1 aliphatic rings. The predicted molar refractivity (Wildman–Crippen MR) is 80.9 cm³/mol. The molecule has 0 radical (unpaired) electrons. The van der Waals surface area contributed by atoms with Crippen molar-refractivity contribution >= 4 is 11.6 Å². The highest BCUT2D eigenvalue weighted by Gasteiger charge is 2.17. The van der Waals surface area contributed by atoms with Gasteiger partial charge in [-0.05, 0) is 43.9 Å². The number of aryl methyl sites for hydroxylation is 2. The maximum absolute atomic E-state index is 12.2. The standard InChI is InChI=1S/C16H24N2O2/c1-12-9-13(2)16(14(17)10-12)20-11-15(19)18-7-5-3-4-6-8-18/h9-10H,3-8,11,17H2,1-2H3. The average molecular weight is 276 g/mol. The molecule has 0 atom stereocenters. The lowest BCUT2D eigenvalue weighted by atomic mass is 10.1. The number of rotatable bonds is 3. The maximum atomic E-state index is 12.2. The van der Waals surface area contributed by atoms with Crippen molar-refractivity contribution in [3.63, 3.8) is 0 Å². The van der Waals surface area contributed by atoms with Crippen molar-refractivity contribution in [2.24, 2.45) is 0 Å². The van der Waals surface area contributed by atoms with Gasteiger partial charge in [0.25, 0.3) is 5.91 Å². The largest absolute Gasteiger partial charge is 0.481 e. The number of nitrogens with zero attached hydrogens (tertiary/aromatic N) is 1. The molecule has 4 nitrogen and oxygen atoms in total. The molecule has 0 saturated carbocycles. The highest BCUT2D eigenvalue weighted by atomic mass is 16.5. The summed E-state index contributed by atoms with van der Waals surface area (Å²) in [5.41, 5.74) is 8.65. The third kappa shape index (κ3) is 3.65. The molecule has 1 aromatic carbocycles. The zero-order chi connectivity index (χ0) is 14.5. The Bertz CT molecular complexity index is 454. The highest BCUT2D eigenvalue weighted by molar-refractivity contribution is 5.78. The normalized spacial score (nSPS) is 15.8. The van der Waals surface area contributed by atoms with E-state index in [0.717, 1.165) is 37.1 Å². The van der Waals surface area contributed by atoms with E-state index >= 15 is 0 Å². The number of carbonyl (C=O) groups is 1. The fraction of sp³-hybridized carbons (Fsp3) is 0.562. The molecule has 1 saturated heterocycles. The molecule has 2 N–H and O–H groups in total. The lowest BCUT2D eigenvalue weighted by Crippen LogP contribution is -2.35. The second-order valence-corrected chi connectivity index (χ2v) is 5.58. The van der Waals surface area contributed by atoms with E-state index in [-0.39, 0.29) is 12.5 Å². The summed E-state index contributed by atoms with van der Waals surface area (Å²) in [6, 6.07) is 3.89. The number of hydrogen-bond donors (Lipinski definition) is 1. The van der Waals surface area contributed by atoms with Gasteiger partial charge in [0.15, 0.2) is 6.61 Å². The number of ether oxygens (including phenoxy) is 1. The van der Waals surface area contributed by atoms with Crippen molar-refractivity contribution in [2.75, 3.05) is 25.4 Å². The predicted octanol–water partition coefficient (Wildman–Crippen LogP) is 2.67. The number of amides is 1. The van der Waals surface area contributed by atoms with Gasteiger partial charge in [-0.2, -0.15) is 0 Å². The molecule has 0 aliphatic carbocycles. The zero-order valence-electron chi connectivity index (χ0n) is 12.4. The van der Waals surface area contributed by atoms with Crippen LogP contribution < -0.4 is 10.5 Å². The first-order valence-electron chi connectivity index (χ1n) is 7.35. The molecule has 1 aliphatic heterocycles. The Morgan fingerprint density at radius 3 is 2.45 bits per heavy atom. The second-order valence-electron chi connectivity index (χ2n) is 5.58. The Kier molecular flexibility index (Phi) is 4.88. The Labute approximate surface area is 120 Å². The molecule has 20 heavy (non-hydrogen) atoms. The van der Waals surface area contributed by atoms with Crippen LogP contribution in [0.25, 0.3) is 0 Å². The molecule has 0 unspecified atom stereocenters. The minimum absolute atomic E-state index is 0.0614. The molecule has 0 spiro atoms. The van der Waals surface area contributed by atoms with Crippen LogP contribution in [0.1, 0.15) is 36.8 Å². The van der Waals surface area contributed by atoms with E-state index in [2.05, 4.69) is 0 Å². The van der Waals surface area contributed by atoms with E-state index < -0.39 is 0 Å². The number of hydrogen-bond acceptors (Lipinski definition) is 3. The summed E-state index contributed by atoms with van der Waals surface area (Å²) in [6.07, 6.45) is 4.62. The van der Waals surface area contributed by atoms with E-state index in [1.165, 1.54) is 12.8 Å². The molecule has 1 amide bonds. The number of carbonyl (C=O) groups excluding carboxylic acids is 1. The fourth-order valence-electron chi connectivity index (χ4n) is 2.73. The van der Waals surface area contributed by atoms with Crippen molar-refractivity contribution in [1.82, 2.24) is 4.90 Å². The van der Waals surface area contributed by atoms with Crippen molar-refractivity contribution in [1.29, 1.82) is 0 Å². The SMILES string of the molecule is Cc1cc(C)c(OCC(=O)N2CCCCCC2)c(N)c1. The Hall–Kier alpha value is -1.71. The monoisotopic (exact) mass is 276 g/mol.